The molecule has 3 rings (SSSR count). The maximum atomic E-state index is 13.2. The van der Waals surface area contributed by atoms with Crippen LogP contribution < -0.4 is 0 Å². The van der Waals surface area contributed by atoms with Crippen molar-refractivity contribution in [1.29, 1.82) is 0 Å². The van der Waals surface area contributed by atoms with Gasteiger partial charge in [0, 0.05) is 21.6 Å². The van der Waals surface area contributed by atoms with Gasteiger partial charge >= 0.3 is 0 Å². The second-order valence-electron chi connectivity index (χ2n) is 10.6. The molecule has 0 saturated carbocycles. The molecule has 1 aliphatic heterocycles. The largest absolute Gasteiger partial charge is 0.507 e. The first-order chi connectivity index (χ1) is 19.0. The summed E-state index contributed by atoms with van der Waals surface area (Å²) in [6.45, 7) is 2.71. The molecular formula is C33H43BrClNO3. The van der Waals surface area contributed by atoms with Crippen LogP contribution in [0.15, 0.2) is 58.6 Å². The van der Waals surface area contributed by atoms with E-state index in [-0.39, 0.29) is 11.3 Å². The van der Waals surface area contributed by atoms with Gasteiger partial charge in [-0.3, -0.25) is 9.59 Å². The second-order valence-corrected chi connectivity index (χ2v) is 11.9. The molecule has 0 aliphatic carbocycles. The summed E-state index contributed by atoms with van der Waals surface area (Å²) >= 11 is 9.96. The molecule has 39 heavy (non-hydrogen) atoms. The Bertz CT molecular complexity index is 1120. The molecule has 4 nitrogen and oxygen atoms in total. The number of hydrogen-bond acceptors (Lipinski definition) is 3. The zero-order chi connectivity index (χ0) is 28.0. The van der Waals surface area contributed by atoms with Crippen molar-refractivity contribution >= 4 is 45.0 Å². The molecule has 0 aromatic heterocycles. The molecule has 0 unspecified atom stereocenters. The lowest BCUT2D eigenvalue weighted by Crippen LogP contribution is -2.30. The summed E-state index contributed by atoms with van der Waals surface area (Å²) in [7, 11) is 0. The molecule has 1 saturated heterocycles. The lowest BCUT2D eigenvalue weighted by Gasteiger charge is -2.26. The van der Waals surface area contributed by atoms with Crippen molar-refractivity contribution < 1.29 is 14.7 Å². The van der Waals surface area contributed by atoms with E-state index >= 15 is 0 Å². The highest BCUT2D eigenvalue weighted by Gasteiger charge is 2.46. The Morgan fingerprint density at radius 1 is 0.821 bits per heavy atom. The number of Topliss-reactive ketones (excluding diaryl/α,β-unsaturated/α-hetero) is 1. The molecule has 2 aromatic rings. The third kappa shape index (κ3) is 9.21. The third-order valence-electron chi connectivity index (χ3n) is 7.59. The van der Waals surface area contributed by atoms with Gasteiger partial charge in [0.2, 0.25) is 0 Å². The van der Waals surface area contributed by atoms with E-state index in [9.17, 15) is 14.7 Å². The first-order valence-corrected chi connectivity index (χ1v) is 15.9. The molecule has 1 fully saturated rings. The summed E-state index contributed by atoms with van der Waals surface area (Å²) in [6, 6.07) is 13.6. The number of aliphatic hydroxyl groups excluding tert-OH is 1. The van der Waals surface area contributed by atoms with Crippen LogP contribution in [0, 0.1) is 0 Å². The number of aliphatic hydroxyl groups is 1. The minimum Gasteiger partial charge on any atom is -0.507 e. The molecule has 6 heteroatoms. The Morgan fingerprint density at radius 3 is 1.95 bits per heavy atom. The van der Waals surface area contributed by atoms with Gasteiger partial charge < -0.3 is 10.0 Å². The minimum atomic E-state index is -0.709. The summed E-state index contributed by atoms with van der Waals surface area (Å²) < 4.78 is 0.775. The van der Waals surface area contributed by atoms with Crippen LogP contribution in [0.4, 0.5) is 0 Å². The number of likely N-dealkylation sites (tertiary alicyclic amines) is 1. The predicted octanol–water partition coefficient (Wildman–Crippen LogP) is 10.0. The van der Waals surface area contributed by atoms with Gasteiger partial charge in [0.25, 0.3) is 11.7 Å². The SMILES string of the molecule is CCCCCCCCCCCCCCCCN1C(=O)C(=O)C(=C(O)c2cccc(Br)c2)[C@@H]1c1ccccc1Cl. The number of hydrogen-bond donors (Lipinski definition) is 1. The van der Waals surface area contributed by atoms with E-state index in [1.54, 1.807) is 29.2 Å². The zero-order valence-electron chi connectivity index (χ0n) is 23.3. The van der Waals surface area contributed by atoms with Crippen molar-refractivity contribution in [2.24, 2.45) is 0 Å². The van der Waals surface area contributed by atoms with Gasteiger partial charge in [-0.15, -0.1) is 0 Å². The van der Waals surface area contributed by atoms with Gasteiger partial charge in [0.1, 0.15) is 5.76 Å². The van der Waals surface area contributed by atoms with Crippen LogP contribution in [0.2, 0.25) is 5.02 Å². The van der Waals surface area contributed by atoms with E-state index in [4.69, 9.17) is 11.6 Å². The molecule has 1 heterocycles. The highest BCUT2D eigenvalue weighted by molar-refractivity contribution is 9.10. The van der Waals surface area contributed by atoms with Crippen LogP contribution in [0.3, 0.4) is 0 Å². The lowest BCUT2D eigenvalue weighted by molar-refractivity contribution is -0.139. The number of halogens is 2. The number of carbonyl (C=O) groups is 2. The minimum absolute atomic E-state index is 0.0940. The Kier molecular flexibility index (Phi) is 13.6. The fraction of sp³-hybridized carbons (Fsp3) is 0.515. The monoisotopic (exact) mass is 615 g/mol. The number of unbranched alkanes of at least 4 members (excludes halogenated alkanes) is 13. The first-order valence-electron chi connectivity index (χ1n) is 14.7. The highest BCUT2D eigenvalue weighted by atomic mass is 79.9. The quantitative estimate of drug-likeness (QED) is 0.0833. The summed E-state index contributed by atoms with van der Waals surface area (Å²) in [6.07, 6.45) is 17.6. The number of rotatable bonds is 17. The third-order valence-corrected chi connectivity index (χ3v) is 8.43. The maximum Gasteiger partial charge on any atom is 0.295 e. The van der Waals surface area contributed by atoms with E-state index < -0.39 is 17.7 Å². The van der Waals surface area contributed by atoms with Gasteiger partial charge in [-0.2, -0.15) is 0 Å². The van der Waals surface area contributed by atoms with Crippen LogP contribution in [-0.2, 0) is 9.59 Å². The average molecular weight is 617 g/mol. The summed E-state index contributed by atoms with van der Waals surface area (Å²) in [4.78, 5) is 27.9. The second kappa shape index (κ2) is 16.9. The van der Waals surface area contributed by atoms with Crippen molar-refractivity contribution in [3.63, 3.8) is 0 Å². The molecule has 0 radical (unpaired) electrons. The Hall–Kier alpha value is -2.11. The molecule has 1 atom stereocenters. The van der Waals surface area contributed by atoms with Crippen molar-refractivity contribution in [3.05, 3.63) is 74.7 Å². The summed E-state index contributed by atoms with van der Waals surface area (Å²) in [5.41, 5.74) is 1.23. The average Bonchev–Trinajstić information content (AvgIpc) is 3.18. The topological polar surface area (TPSA) is 57.6 Å². The van der Waals surface area contributed by atoms with Gasteiger partial charge in [0.15, 0.2) is 0 Å². The van der Waals surface area contributed by atoms with Crippen LogP contribution >= 0.6 is 27.5 Å². The fourth-order valence-electron chi connectivity index (χ4n) is 5.40. The zero-order valence-corrected chi connectivity index (χ0v) is 25.6. The first kappa shape index (κ1) is 31.4. The van der Waals surface area contributed by atoms with Crippen molar-refractivity contribution in [1.82, 2.24) is 4.90 Å². The van der Waals surface area contributed by atoms with Crippen LogP contribution in [0.1, 0.15) is 114 Å². The van der Waals surface area contributed by atoms with Crippen LogP contribution in [0.5, 0.6) is 0 Å². The molecular weight excluding hydrogens is 574 g/mol. The van der Waals surface area contributed by atoms with Crippen LogP contribution in [-0.4, -0.2) is 28.2 Å². The lowest BCUT2D eigenvalue weighted by atomic mass is 9.95. The van der Waals surface area contributed by atoms with E-state index in [0.29, 0.717) is 22.7 Å². The van der Waals surface area contributed by atoms with E-state index in [1.807, 2.05) is 24.3 Å². The van der Waals surface area contributed by atoms with Gasteiger partial charge in [-0.25, -0.2) is 0 Å². The van der Waals surface area contributed by atoms with E-state index in [0.717, 1.165) is 23.7 Å². The summed E-state index contributed by atoms with van der Waals surface area (Å²) in [5, 5.41) is 11.7. The Morgan fingerprint density at radius 2 is 1.38 bits per heavy atom. The Balaban J connectivity index is 1.54. The maximum absolute atomic E-state index is 13.2. The fourth-order valence-corrected chi connectivity index (χ4v) is 6.04. The number of benzene rings is 2. The molecule has 2 aromatic carbocycles. The van der Waals surface area contributed by atoms with Crippen molar-refractivity contribution in [3.8, 4) is 0 Å². The molecule has 1 aliphatic rings. The highest BCUT2D eigenvalue weighted by Crippen LogP contribution is 2.42. The molecule has 1 N–H and O–H groups in total. The number of carbonyl (C=O) groups excluding carboxylic acids is 2. The van der Waals surface area contributed by atoms with Crippen LogP contribution in [0.25, 0.3) is 5.76 Å². The standard InChI is InChI=1S/C33H43BrClNO3/c1-2-3-4-5-6-7-8-9-10-11-12-13-14-17-23-36-30(27-21-15-16-22-28(27)35)29(32(38)33(36)39)31(37)25-19-18-20-26(34)24-25/h15-16,18-22,24,30,37H,2-14,17,23H2,1H3/t30-/m0/s1. The smallest absolute Gasteiger partial charge is 0.295 e. The molecule has 0 spiro atoms. The molecule has 212 valence electrons. The number of nitrogens with zero attached hydrogens (tertiary/aromatic N) is 1. The van der Waals surface area contributed by atoms with Crippen molar-refractivity contribution in [2.75, 3.05) is 6.54 Å². The summed E-state index contributed by atoms with van der Waals surface area (Å²) in [5.74, 6) is -1.42. The number of amides is 1. The molecule has 0 bridgehead atoms. The van der Waals surface area contributed by atoms with Crippen molar-refractivity contribution in [2.45, 2.75) is 103 Å². The predicted molar refractivity (Wildman–Crippen MR) is 165 cm³/mol. The van der Waals surface area contributed by atoms with Gasteiger partial charge in [-0.05, 0) is 30.2 Å². The molecule has 1 amide bonds. The van der Waals surface area contributed by atoms with Gasteiger partial charge in [0.05, 0.1) is 11.6 Å². The van der Waals surface area contributed by atoms with E-state index in [1.165, 1.54) is 70.6 Å². The number of ketones is 1. The van der Waals surface area contributed by atoms with Gasteiger partial charge in [-0.1, -0.05) is 148 Å². The Labute approximate surface area is 248 Å². The normalized spacial score (nSPS) is 16.8. The van der Waals surface area contributed by atoms with E-state index in [2.05, 4.69) is 22.9 Å².